The number of nitrogens with zero attached hydrogens (tertiary/aromatic N) is 4. The Hall–Kier alpha value is -3.59. The van der Waals surface area contributed by atoms with Crippen LogP contribution in [0.1, 0.15) is 27.2 Å². The van der Waals surface area contributed by atoms with Gasteiger partial charge in [0.1, 0.15) is 0 Å². The van der Waals surface area contributed by atoms with Crippen molar-refractivity contribution in [1.82, 2.24) is 14.9 Å². The van der Waals surface area contributed by atoms with E-state index < -0.39 is 0 Å². The molecule has 0 unspecified atom stereocenters. The molecule has 142 valence electrons. The summed E-state index contributed by atoms with van der Waals surface area (Å²) in [5.41, 5.74) is 4.46. The lowest BCUT2D eigenvalue weighted by Gasteiger charge is -2.25. The molecule has 0 aliphatic heterocycles. The van der Waals surface area contributed by atoms with E-state index in [4.69, 9.17) is 5.26 Å². The summed E-state index contributed by atoms with van der Waals surface area (Å²) in [6.07, 6.45) is 3.60. The van der Waals surface area contributed by atoms with Crippen molar-refractivity contribution in [2.75, 3.05) is 18.0 Å². The van der Waals surface area contributed by atoms with Gasteiger partial charge in [-0.05, 0) is 43.3 Å². The normalized spacial score (nSPS) is 10.3. The first-order valence-electron chi connectivity index (χ1n) is 9.12. The Kier molecular flexibility index (Phi) is 6.07. The molecular formula is C22H23N5O. The van der Waals surface area contributed by atoms with Gasteiger partial charge in [0.25, 0.3) is 5.91 Å². The van der Waals surface area contributed by atoms with Gasteiger partial charge in [-0.2, -0.15) is 5.26 Å². The maximum atomic E-state index is 12.3. The van der Waals surface area contributed by atoms with E-state index in [0.29, 0.717) is 30.8 Å². The second kappa shape index (κ2) is 8.87. The van der Waals surface area contributed by atoms with Crippen LogP contribution in [0.4, 0.5) is 5.69 Å². The summed E-state index contributed by atoms with van der Waals surface area (Å²) in [6.45, 7) is 3.79. The number of rotatable bonds is 7. The van der Waals surface area contributed by atoms with E-state index in [1.807, 2.05) is 61.1 Å². The molecular weight excluding hydrogens is 350 g/mol. The van der Waals surface area contributed by atoms with Crippen molar-refractivity contribution in [3.05, 3.63) is 83.4 Å². The van der Waals surface area contributed by atoms with Gasteiger partial charge < -0.3 is 14.8 Å². The Labute approximate surface area is 165 Å². The number of hydrogen-bond donors (Lipinski definition) is 1. The first-order valence-corrected chi connectivity index (χ1v) is 9.12. The fraction of sp³-hybridized carbons (Fsp3) is 0.227. The molecule has 6 heteroatoms. The Morgan fingerprint density at radius 2 is 1.89 bits per heavy atom. The molecule has 0 saturated carbocycles. The van der Waals surface area contributed by atoms with Crippen LogP contribution >= 0.6 is 0 Å². The number of imidazole rings is 1. The van der Waals surface area contributed by atoms with Crippen molar-refractivity contribution in [3.8, 4) is 6.07 Å². The van der Waals surface area contributed by atoms with Crippen LogP contribution in [-0.2, 0) is 13.6 Å². The maximum absolute atomic E-state index is 12.3. The van der Waals surface area contributed by atoms with E-state index in [0.717, 1.165) is 16.9 Å². The molecule has 2 aromatic carbocycles. The van der Waals surface area contributed by atoms with Crippen LogP contribution in [0, 0.1) is 18.3 Å². The predicted octanol–water partition coefficient (Wildman–Crippen LogP) is 3.04. The molecule has 3 aromatic rings. The largest absolute Gasteiger partial charge is 0.364 e. The van der Waals surface area contributed by atoms with Gasteiger partial charge in [0.05, 0.1) is 30.2 Å². The Morgan fingerprint density at radius 3 is 2.50 bits per heavy atom. The highest BCUT2D eigenvalue weighted by atomic mass is 16.1. The van der Waals surface area contributed by atoms with Crippen molar-refractivity contribution in [1.29, 1.82) is 5.26 Å². The second-order valence-electron chi connectivity index (χ2n) is 6.70. The van der Waals surface area contributed by atoms with Gasteiger partial charge in [0, 0.05) is 37.6 Å². The minimum absolute atomic E-state index is 0.0830. The standard InChI is InChI=1S/C22H23N5O/c1-17-3-7-19(8-4-17)22(28)25-11-12-27(15-21-14-24-16-26(21)2)20-9-5-18(13-23)6-10-20/h3-10,14,16H,11-12,15H2,1-2H3,(H,25,28). The minimum Gasteiger partial charge on any atom is -0.364 e. The molecule has 0 spiro atoms. The van der Waals surface area contributed by atoms with Crippen molar-refractivity contribution >= 4 is 11.6 Å². The van der Waals surface area contributed by atoms with Crippen LogP contribution in [-0.4, -0.2) is 28.5 Å². The van der Waals surface area contributed by atoms with E-state index in [2.05, 4.69) is 21.3 Å². The predicted molar refractivity (Wildman–Crippen MR) is 109 cm³/mol. The number of carbonyl (C=O) groups excluding carboxylic acids is 1. The smallest absolute Gasteiger partial charge is 0.251 e. The van der Waals surface area contributed by atoms with Crippen LogP contribution in [0.5, 0.6) is 0 Å². The summed E-state index contributed by atoms with van der Waals surface area (Å²) in [6, 6.07) is 17.1. The number of nitrogens with one attached hydrogen (secondary N) is 1. The monoisotopic (exact) mass is 373 g/mol. The molecule has 0 aliphatic rings. The first-order chi connectivity index (χ1) is 13.6. The van der Waals surface area contributed by atoms with Crippen molar-refractivity contribution in [2.45, 2.75) is 13.5 Å². The van der Waals surface area contributed by atoms with Gasteiger partial charge >= 0.3 is 0 Å². The Morgan fingerprint density at radius 1 is 1.18 bits per heavy atom. The number of aromatic nitrogens is 2. The summed E-state index contributed by atoms with van der Waals surface area (Å²) in [5.74, 6) is -0.0830. The summed E-state index contributed by atoms with van der Waals surface area (Å²) in [5, 5.41) is 12.0. The van der Waals surface area contributed by atoms with Crippen molar-refractivity contribution in [3.63, 3.8) is 0 Å². The third kappa shape index (κ3) is 4.77. The minimum atomic E-state index is -0.0830. The third-order valence-electron chi connectivity index (χ3n) is 4.61. The number of amides is 1. The van der Waals surface area contributed by atoms with Crippen LogP contribution in [0.3, 0.4) is 0 Å². The molecule has 0 aliphatic carbocycles. The zero-order chi connectivity index (χ0) is 19.9. The molecule has 28 heavy (non-hydrogen) atoms. The number of benzene rings is 2. The summed E-state index contributed by atoms with van der Waals surface area (Å²) in [7, 11) is 1.96. The average molecular weight is 373 g/mol. The zero-order valence-corrected chi connectivity index (χ0v) is 16.1. The van der Waals surface area contributed by atoms with Crippen molar-refractivity contribution in [2.24, 2.45) is 7.05 Å². The number of aryl methyl sites for hydroxylation is 2. The van der Waals surface area contributed by atoms with Crippen LogP contribution in [0.2, 0.25) is 0 Å². The lowest BCUT2D eigenvalue weighted by atomic mass is 10.1. The van der Waals surface area contributed by atoms with Gasteiger partial charge in [-0.25, -0.2) is 4.98 Å². The molecule has 1 N–H and O–H groups in total. The van der Waals surface area contributed by atoms with Crippen LogP contribution < -0.4 is 10.2 Å². The highest BCUT2D eigenvalue weighted by molar-refractivity contribution is 5.94. The highest BCUT2D eigenvalue weighted by Gasteiger charge is 2.11. The second-order valence-corrected chi connectivity index (χ2v) is 6.70. The highest BCUT2D eigenvalue weighted by Crippen LogP contribution is 2.17. The van der Waals surface area contributed by atoms with E-state index in [9.17, 15) is 4.79 Å². The molecule has 1 aromatic heterocycles. The van der Waals surface area contributed by atoms with E-state index in [1.165, 1.54) is 0 Å². The number of anilines is 1. The van der Waals surface area contributed by atoms with Gasteiger partial charge in [-0.1, -0.05) is 17.7 Å². The average Bonchev–Trinajstić information content (AvgIpc) is 3.12. The van der Waals surface area contributed by atoms with Gasteiger partial charge in [-0.3, -0.25) is 4.79 Å². The molecule has 6 nitrogen and oxygen atoms in total. The molecule has 0 radical (unpaired) electrons. The molecule has 0 bridgehead atoms. The molecule has 1 heterocycles. The zero-order valence-electron chi connectivity index (χ0n) is 16.1. The lowest BCUT2D eigenvalue weighted by Crippen LogP contribution is -2.35. The Balaban J connectivity index is 1.68. The quantitative estimate of drug-likeness (QED) is 0.691. The fourth-order valence-corrected chi connectivity index (χ4v) is 2.89. The summed E-state index contributed by atoms with van der Waals surface area (Å²) < 4.78 is 1.97. The first kappa shape index (κ1) is 19.2. The Bertz CT molecular complexity index is 967. The molecule has 0 atom stereocenters. The van der Waals surface area contributed by atoms with Crippen LogP contribution in [0.25, 0.3) is 0 Å². The van der Waals surface area contributed by atoms with E-state index >= 15 is 0 Å². The molecule has 1 amide bonds. The summed E-state index contributed by atoms with van der Waals surface area (Å²) >= 11 is 0. The molecule has 0 saturated heterocycles. The summed E-state index contributed by atoms with van der Waals surface area (Å²) in [4.78, 5) is 18.7. The lowest BCUT2D eigenvalue weighted by molar-refractivity contribution is 0.0954. The topological polar surface area (TPSA) is 74.0 Å². The van der Waals surface area contributed by atoms with Crippen LogP contribution in [0.15, 0.2) is 61.1 Å². The van der Waals surface area contributed by atoms with Gasteiger partial charge in [-0.15, -0.1) is 0 Å². The van der Waals surface area contributed by atoms with Crippen molar-refractivity contribution < 1.29 is 4.79 Å². The van der Waals surface area contributed by atoms with E-state index in [-0.39, 0.29) is 5.91 Å². The number of hydrogen-bond acceptors (Lipinski definition) is 4. The third-order valence-corrected chi connectivity index (χ3v) is 4.61. The molecule has 0 fully saturated rings. The molecule has 3 rings (SSSR count). The van der Waals surface area contributed by atoms with Gasteiger partial charge in [0.15, 0.2) is 0 Å². The number of nitriles is 1. The SMILES string of the molecule is Cc1ccc(C(=O)NCCN(Cc2cncn2C)c2ccc(C#N)cc2)cc1. The van der Waals surface area contributed by atoms with Gasteiger partial charge in [0.2, 0.25) is 0 Å². The number of carbonyl (C=O) groups is 1. The fourth-order valence-electron chi connectivity index (χ4n) is 2.89. The maximum Gasteiger partial charge on any atom is 0.251 e. The van der Waals surface area contributed by atoms with E-state index in [1.54, 1.807) is 18.5 Å².